The number of benzene rings is 1. The van der Waals surface area contributed by atoms with Crippen LogP contribution in [-0.4, -0.2) is 0 Å². The number of fused-ring (bicyclic) bond motifs is 1. The van der Waals surface area contributed by atoms with Crippen molar-refractivity contribution in [2.24, 2.45) is 0 Å². The number of rotatable bonds is 2. The van der Waals surface area contributed by atoms with E-state index in [9.17, 15) is 0 Å². The predicted molar refractivity (Wildman–Crippen MR) is 119 cm³/mol. The lowest BCUT2D eigenvalue weighted by atomic mass is 9.63. The first-order chi connectivity index (χ1) is 11.7. The van der Waals surface area contributed by atoms with Crippen molar-refractivity contribution in [3.63, 3.8) is 0 Å². The lowest BCUT2D eigenvalue weighted by Gasteiger charge is -2.42. The molecule has 0 fully saturated rings. The van der Waals surface area contributed by atoms with Gasteiger partial charge in [0.2, 0.25) is 0 Å². The van der Waals surface area contributed by atoms with Gasteiger partial charge in [-0.2, -0.15) is 0 Å². The zero-order valence-electron chi connectivity index (χ0n) is 16.7. The first kappa shape index (κ1) is 20.5. The maximum atomic E-state index is 3.55. The van der Waals surface area contributed by atoms with E-state index in [1.807, 2.05) is 13.8 Å². The number of allylic oxidation sites excluding steroid dienone is 1. The van der Waals surface area contributed by atoms with Crippen LogP contribution < -0.4 is 0 Å². The fourth-order valence-corrected chi connectivity index (χ4v) is 4.90. The van der Waals surface area contributed by atoms with E-state index in [-0.39, 0.29) is 5.41 Å². The molecule has 3 rings (SSSR count). The van der Waals surface area contributed by atoms with E-state index < -0.39 is 0 Å². The van der Waals surface area contributed by atoms with Gasteiger partial charge >= 0.3 is 0 Å². The lowest BCUT2D eigenvalue weighted by molar-refractivity contribution is 0.332. The smallest absolute Gasteiger partial charge is 0.0704 e. The molecule has 2 aromatic rings. The summed E-state index contributed by atoms with van der Waals surface area (Å²) in [4.78, 5) is 1.33. The second kappa shape index (κ2) is 7.80. The molecule has 0 bridgehead atoms. The Kier molecular flexibility index (Phi) is 6.38. The minimum absolute atomic E-state index is 0.272. The molecule has 0 aliphatic heterocycles. The third kappa shape index (κ3) is 4.46. The highest BCUT2D eigenvalue weighted by Crippen LogP contribution is 2.46. The average molecular weight is 419 g/mol. The minimum Gasteiger partial charge on any atom is -0.129 e. The molecule has 0 unspecified atom stereocenters. The van der Waals surface area contributed by atoms with Crippen molar-refractivity contribution in [3.05, 3.63) is 55.7 Å². The molecule has 0 spiro atoms. The fourth-order valence-electron chi connectivity index (χ4n) is 3.54. The van der Waals surface area contributed by atoms with Gasteiger partial charge in [-0.1, -0.05) is 65.8 Å². The summed E-state index contributed by atoms with van der Waals surface area (Å²) in [5, 5.41) is 0. The van der Waals surface area contributed by atoms with Crippen LogP contribution >= 0.6 is 27.3 Å². The molecular weight excluding hydrogens is 388 g/mol. The summed E-state index contributed by atoms with van der Waals surface area (Å²) < 4.78 is 1.19. The summed E-state index contributed by atoms with van der Waals surface area (Å²) in [5.74, 6) is 0. The molecule has 1 aliphatic rings. The zero-order valence-corrected chi connectivity index (χ0v) is 19.1. The summed E-state index contributed by atoms with van der Waals surface area (Å²) in [5.41, 5.74) is 6.27. The van der Waals surface area contributed by atoms with E-state index in [1.54, 1.807) is 11.3 Å². The van der Waals surface area contributed by atoms with E-state index in [2.05, 4.69) is 87.0 Å². The third-order valence-corrected chi connectivity index (χ3v) is 6.98. The van der Waals surface area contributed by atoms with Crippen LogP contribution in [0, 0.1) is 0 Å². The summed E-state index contributed by atoms with van der Waals surface area (Å²) in [6.45, 7) is 15.7. The SMILES string of the molecule is C/C(=C\c1ccc2c(c1)C(C)(C)CCC2(C)C)c1ccc(Br)s1.CC. The van der Waals surface area contributed by atoms with Crippen molar-refractivity contribution in [1.29, 1.82) is 0 Å². The van der Waals surface area contributed by atoms with E-state index in [1.165, 1.54) is 43.8 Å². The van der Waals surface area contributed by atoms with Gasteiger partial charge in [0, 0.05) is 4.88 Å². The largest absolute Gasteiger partial charge is 0.129 e. The molecule has 0 nitrogen and oxygen atoms in total. The van der Waals surface area contributed by atoms with Crippen LogP contribution in [0.3, 0.4) is 0 Å². The molecule has 2 heteroatoms. The maximum Gasteiger partial charge on any atom is 0.0704 e. The third-order valence-electron chi connectivity index (χ3n) is 5.22. The number of halogens is 1. The van der Waals surface area contributed by atoms with Crippen molar-refractivity contribution in [2.75, 3.05) is 0 Å². The van der Waals surface area contributed by atoms with Crippen LogP contribution in [0.25, 0.3) is 11.6 Å². The summed E-state index contributed by atoms with van der Waals surface area (Å²) >= 11 is 5.35. The topological polar surface area (TPSA) is 0 Å². The van der Waals surface area contributed by atoms with Crippen molar-refractivity contribution in [1.82, 2.24) is 0 Å². The van der Waals surface area contributed by atoms with Gasteiger partial charge < -0.3 is 0 Å². The summed E-state index contributed by atoms with van der Waals surface area (Å²) in [7, 11) is 0. The molecule has 0 saturated carbocycles. The second-order valence-corrected chi connectivity index (χ2v) is 10.5. The van der Waals surface area contributed by atoms with Crippen molar-refractivity contribution in [2.45, 2.75) is 72.1 Å². The molecule has 0 radical (unpaired) electrons. The molecule has 136 valence electrons. The molecule has 25 heavy (non-hydrogen) atoms. The molecule has 0 atom stereocenters. The van der Waals surface area contributed by atoms with Crippen LogP contribution in [0.5, 0.6) is 0 Å². The highest BCUT2D eigenvalue weighted by atomic mass is 79.9. The Balaban J connectivity index is 0.00000109. The van der Waals surface area contributed by atoms with Crippen molar-refractivity contribution < 1.29 is 0 Å². The van der Waals surface area contributed by atoms with E-state index in [0.717, 1.165) is 0 Å². The molecule has 0 N–H and O–H groups in total. The Labute approximate surface area is 166 Å². The van der Waals surface area contributed by atoms with Crippen LogP contribution in [0.4, 0.5) is 0 Å². The van der Waals surface area contributed by atoms with E-state index in [0.29, 0.717) is 5.41 Å². The second-order valence-electron chi connectivity index (χ2n) is 8.00. The Bertz CT molecular complexity index is 762. The van der Waals surface area contributed by atoms with Gasteiger partial charge in [0.05, 0.1) is 3.79 Å². The molecule has 0 amide bonds. The van der Waals surface area contributed by atoms with Gasteiger partial charge in [0.1, 0.15) is 0 Å². The fraction of sp³-hybridized carbons (Fsp3) is 0.478. The number of hydrogen-bond donors (Lipinski definition) is 0. The first-order valence-electron chi connectivity index (χ1n) is 9.28. The number of thiophene rings is 1. The van der Waals surface area contributed by atoms with Crippen LogP contribution in [0.1, 0.15) is 82.9 Å². The zero-order chi connectivity index (χ0) is 18.8. The monoisotopic (exact) mass is 418 g/mol. The summed E-state index contributed by atoms with van der Waals surface area (Å²) in [6.07, 6.45) is 4.84. The van der Waals surface area contributed by atoms with Gasteiger partial charge in [-0.05, 0) is 80.9 Å². The molecule has 1 heterocycles. The van der Waals surface area contributed by atoms with Crippen LogP contribution in [0.15, 0.2) is 34.1 Å². The average Bonchev–Trinajstić information content (AvgIpc) is 3.01. The van der Waals surface area contributed by atoms with Gasteiger partial charge in [-0.15, -0.1) is 11.3 Å². The first-order valence-corrected chi connectivity index (χ1v) is 10.9. The minimum atomic E-state index is 0.272. The Morgan fingerprint density at radius 3 is 2.12 bits per heavy atom. The molecule has 1 aromatic carbocycles. The quantitative estimate of drug-likeness (QED) is 0.458. The Hall–Kier alpha value is -0.860. The standard InChI is InChI=1S/C21H25BrS.C2H6/c1-14(18-8-9-19(22)23-18)12-15-6-7-16-17(13-15)21(4,5)11-10-20(16,2)3;1-2/h6-9,12-13H,10-11H2,1-5H3;1-2H3/b14-12+;. The molecule has 1 aliphatic carbocycles. The molecule has 0 saturated heterocycles. The lowest BCUT2D eigenvalue weighted by Crippen LogP contribution is -2.33. The maximum absolute atomic E-state index is 3.55. The normalized spacial score (nSPS) is 18.2. The Morgan fingerprint density at radius 1 is 0.960 bits per heavy atom. The van der Waals surface area contributed by atoms with Crippen LogP contribution in [-0.2, 0) is 10.8 Å². The van der Waals surface area contributed by atoms with Gasteiger partial charge in [-0.3, -0.25) is 0 Å². The van der Waals surface area contributed by atoms with E-state index in [4.69, 9.17) is 0 Å². The van der Waals surface area contributed by atoms with E-state index >= 15 is 0 Å². The molecular formula is C23H31BrS. The Morgan fingerprint density at radius 2 is 1.56 bits per heavy atom. The van der Waals surface area contributed by atoms with Crippen LogP contribution in [0.2, 0.25) is 0 Å². The van der Waals surface area contributed by atoms with Gasteiger partial charge in [0.25, 0.3) is 0 Å². The number of hydrogen-bond acceptors (Lipinski definition) is 1. The van der Waals surface area contributed by atoms with Crippen molar-refractivity contribution in [3.8, 4) is 0 Å². The summed E-state index contributed by atoms with van der Waals surface area (Å²) in [6, 6.07) is 11.4. The highest BCUT2D eigenvalue weighted by molar-refractivity contribution is 9.11. The van der Waals surface area contributed by atoms with Gasteiger partial charge in [0.15, 0.2) is 0 Å². The van der Waals surface area contributed by atoms with Crippen molar-refractivity contribution >= 4 is 38.9 Å². The van der Waals surface area contributed by atoms with Gasteiger partial charge in [-0.25, -0.2) is 0 Å². The molecule has 1 aromatic heterocycles. The predicted octanol–water partition coefficient (Wildman–Crippen LogP) is 8.45. The highest BCUT2D eigenvalue weighted by Gasteiger charge is 2.36.